The smallest absolute Gasteiger partial charge is 0.480 e. The predicted molar refractivity (Wildman–Crippen MR) is 49.4 cm³/mol. The van der Waals surface area contributed by atoms with Crippen LogP contribution >= 0.6 is 0 Å². The van der Waals surface area contributed by atoms with Gasteiger partial charge in [0.2, 0.25) is 11.8 Å². The van der Waals surface area contributed by atoms with Crippen molar-refractivity contribution < 1.29 is 19.5 Å². The first kappa shape index (κ1) is 15.4. The number of carbonyl (C=O) groups is 3. The van der Waals surface area contributed by atoms with Crippen LogP contribution in [0.25, 0.3) is 0 Å². The molecule has 0 aromatic rings. The van der Waals surface area contributed by atoms with Gasteiger partial charge in [-0.15, -0.1) is 0 Å². The topological polar surface area (TPSA) is 109 Å². The standard InChI is InChI=1S/C7H12N2O4.Al/c1-4(10)9-5(7(12)13)2-3-6(8)11;/h5H,2-3H2,1H3,(H2,8,11)(H,9,10)(H,12,13);/q;+3. The second-order valence-corrected chi connectivity index (χ2v) is 2.60. The zero-order valence-corrected chi connectivity index (χ0v) is 8.97. The van der Waals surface area contributed by atoms with Crippen molar-refractivity contribution in [2.45, 2.75) is 25.8 Å². The molecule has 0 radical (unpaired) electrons. The number of carbonyl (C=O) groups excluding carboxylic acids is 2. The van der Waals surface area contributed by atoms with Crippen molar-refractivity contribution in [3.63, 3.8) is 0 Å². The number of carboxylic acid groups (broad SMARTS) is 1. The number of hydrogen-bond donors (Lipinski definition) is 3. The molecule has 0 aromatic carbocycles. The van der Waals surface area contributed by atoms with E-state index in [1.807, 2.05) is 0 Å². The van der Waals surface area contributed by atoms with Gasteiger partial charge in [-0.1, -0.05) is 0 Å². The van der Waals surface area contributed by atoms with Gasteiger partial charge < -0.3 is 16.2 Å². The molecule has 0 aliphatic heterocycles. The van der Waals surface area contributed by atoms with Crippen LogP contribution in [0.15, 0.2) is 0 Å². The molecule has 1 atom stereocenters. The van der Waals surface area contributed by atoms with Crippen LogP contribution in [0.3, 0.4) is 0 Å². The number of nitrogens with two attached hydrogens (primary N) is 1. The van der Waals surface area contributed by atoms with E-state index in [-0.39, 0.29) is 30.2 Å². The Hall–Kier alpha value is -1.06. The summed E-state index contributed by atoms with van der Waals surface area (Å²) in [6.07, 6.45) is -0.0402. The summed E-state index contributed by atoms with van der Waals surface area (Å²) in [6, 6.07) is -1.04. The second kappa shape index (κ2) is 7.36. The minimum atomic E-state index is -1.17. The third-order valence-electron chi connectivity index (χ3n) is 1.36. The predicted octanol–water partition coefficient (Wildman–Crippen LogP) is -1.54. The third kappa shape index (κ3) is 7.58. The van der Waals surface area contributed by atoms with Crippen LogP contribution in [0.5, 0.6) is 0 Å². The Morgan fingerprint density at radius 1 is 1.43 bits per heavy atom. The Bertz CT molecular complexity index is 232. The monoisotopic (exact) mass is 215 g/mol. The van der Waals surface area contributed by atoms with E-state index in [9.17, 15) is 14.4 Å². The summed E-state index contributed by atoms with van der Waals surface area (Å²) in [5.41, 5.74) is 4.83. The molecule has 1 unspecified atom stereocenters. The average molecular weight is 215 g/mol. The number of rotatable bonds is 5. The van der Waals surface area contributed by atoms with Crippen molar-refractivity contribution in [1.29, 1.82) is 0 Å². The Morgan fingerprint density at radius 2 is 1.93 bits per heavy atom. The Kier molecular flexibility index (Phi) is 8.10. The first-order valence-electron chi connectivity index (χ1n) is 3.71. The summed E-state index contributed by atoms with van der Waals surface area (Å²) in [6.45, 7) is 1.21. The molecule has 0 fully saturated rings. The molecule has 0 heterocycles. The van der Waals surface area contributed by atoms with E-state index in [2.05, 4.69) is 5.32 Å². The molecular weight excluding hydrogens is 203 g/mol. The summed E-state index contributed by atoms with van der Waals surface area (Å²) in [4.78, 5) is 31.3. The van der Waals surface area contributed by atoms with Crippen molar-refractivity contribution in [3.05, 3.63) is 0 Å². The summed E-state index contributed by atoms with van der Waals surface area (Å²) < 4.78 is 0. The van der Waals surface area contributed by atoms with Crippen LogP contribution < -0.4 is 11.1 Å². The molecule has 0 aliphatic rings. The van der Waals surface area contributed by atoms with Gasteiger partial charge in [0.15, 0.2) is 0 Å². The Morgan fingerprint density at radius 3 is 2.21 bits per heavy atom. The van der Waals surface area contributed by atoms with Gasteiger partial charge in [-0.25, -0.2) is 4.79 Å². The van der Waals surface area contributed by atoms with Crippen molar-refractivity contribution in [2.24, 2.45) is 5.73 Å². The molecule has 14 heavy (non-hydrogen) atoms. The number of hydrogen-bond acceptors (Lipinski definition) is 3. The normalized spacial score (nSPS) is 10.9. The zero-order valence-electron chi connectivity index (χ0n) is 7.82. The van der Waals surface area contributed by atoms with Gasteiger partial charge in [0.05, 0.1) is 0 Å². The maximum Gasteiger partial charge on any atom is 3.00 e. The number of primary amides is 1. The van der Waals surface area contributed by atoms with E-state index >= 15 is 0 Å². The number of nitrogens with one attached hydrogen (secondary N) is 1. The van der Waals surface area contributed by atoms with Crippen LogP contribution in [0.4, 0.5) is 0 Å². The number of aliphatic carboxylic acids is 1. The molecule has 0 spiro atoms. The molecular formula is C7H12AlN2O4+3. The fourth-order valence-electron chi connectivity index (χ4n) is 0.789. The van der Waals surface area contributed by atoms with E-state index in [4.69, 9.17) is 10.8 Å². The van der Waals surface area contributed by atoms with Gasteiger partial charge in [-0.2, -0.15) is 0 Å². The van der Waals surface area contributed by atoms with Gasteiger partial charge in [0.1, 0.15) is 6.04 Å². The molecule has 0 rings (SSSR count). The summed E-state index contributed by atoms with van der Waals surface area (Å²) in [5.74, 6) is -2.20. The van der Waals surface area contributed by atoms with Crippen molar-refractivity contribution >= 4 is 35.1 Å². The summed E-state index contributed by atoms with van der Waals surface area (Å²) in [7, 11) is 0. The summed E-state index contributed by atoms with van der Waals surface area (Å²) >= 11 is 0. The van der Waals surface area contributed by atoms with Crippen LogP contribution in [0, 0.1) is 0 Å². The fraction of sp³-hybridized carbons (Fsp3) is 0.571. The fourth-order valence-corrected chi connectivity index (χ4v) is 0.789. The zero-order chi connectivity index (χ0) is 10.4. The van der Waals surface area contributed by atoms with E-state index in [1.165, 1.54) is 6.92 Å². The molecule has 7 heteroatoms. The molecule has 0 bridgehead atoms. The molecule has 0 saturated carbocycles. The van der Waals surface area contributed by atoms with Crippen molar-refractivity contribution in [2.75, 3.05) is 0 Å². The van der Waals surface area contributed by atoms with Crippen LogP contribution in [-0.4, -0.2) is 46.3 Å². The minimum absolute atomic E-state index is 0. The van der Waals surface area contributed by atoms with Gasteiger partial charge in [-0.05, 0) is 6.42 Å². The Balaban J connectivity index is 0. The Labute approximate surface area is 92.0 Å². The van der Waals surface area contributed by atoms with Crippen LogP contribution in [0.2, 0.25) is 0 Å². The van der Waals surface area contributed by atoms with E-state index in [0.717, 1.165) is 0 Å². The maximum atomic E-state index is 10.5. The van der Waals surface area contributed by atoms with Crippen molar-refractivity contribution in [1.82, 2.24) is 5.32 Å². The molecule has 0 aromatic heterocycles. The van der Waals surface area contributed by atoms with E-state index in [1.54, 1.807) is 0 Å². The molecule has 0 aliphatic carbocycles. The van der Waals surface area contributed by atoms with Crippen LogP contribution in [-0.2, 0) is 14.4 Å². The molecule has 6 nitrogen and oxygen atoms in total. The van der Waals surface area contributed by atoms with Gasteiger partial charge >= 0.3 is 23.3 Å². The maximum absolute atomic E-state index is 10.5. The molecule has 4 N–H and O–H groups in total. The van der Waals surface area contributed by atoms with Gasteiger partial charge in [0.25, 0.3) is 0 Å². The molecule has 0 saturated heterocycles. The third-order valence-corrected chi connectivity index (χ3v) is 1.36. The van der Waals surface area contributed by atoms with Gasteiger partial charge in [0, 0.05) is 13.3 Å². The molecule has 2 amide bonds. The average Bonchev–Trinajstić information content (AvgIpc) is 1.96. The van der Waals surface area contributed by atoms with Crippen molar-refractivity contribution in [3.8, 4) is 0 Å². The quantitative estimate of drug-likeness (QED) is 0.483. The largest absolute Gasteiger partial charge is 3.00 e. The minimum Gasteiger partial charge on any atom is -0.480 e. The van der Waals surface area contributed by atoms with Gasteiger partial charge in [-0.3, -0.25) is 9.59 Å². The number of carboxylic acids is 1. The molecule has 74 valence electrons. The first-order chi connectivity index (χ1) is 5.93. The summed E-state index contributed by atoms with van der Waals surface area (Å²) in [5, 5.41) is 10.8. The second-order valence-electron chi connectivity index (χ2n) is 2.60. The van der Waals surface area contributed by atoms with E-state index < -0.39 is 23.8 Å². The van der Waals surface area contributed by atoms with Crippen LogP contribution in [0.1, 0.15) is 19.8 Å². The SMILES string of the molecule is CC(=O)NC(CCC(N)=O)C(=O)O.[Al+3]. The number of amides is 2. The van der Waals surface area contributed by atoms with E-state index in [0.29, 0.717) is 0 Å². The first-order valence-corrected chi connectivity index (χ1v) is 3.71.